The van der Waals surface area contributed by atoms with E-state index in [0.717, 1.165) is 27.6 Å². The second-order valence-electron chi connectivity index (χ2n) is 8.97. The highest BCUT2D eigenvalue weighted by Crippen LogP contribution is 2.41. The number of H-pyrrole nitrogens is 1. The third-order valence-electron chi connectivity index (χ3n) is 6.05. The van der Waals surface area contributed by atoms with Gasteiger partial charge >= 0.3 is 11.9 Å². The van der Waals surface area contributed by atoms with Gasteiger partial charge < -0.3 is 19.2 Å². The van der Waals surface area contributed by atoms with Gasteiger partial charge in [0.25, 0.3) is 5.79 Å². The number of rotatable bonds is 6. The minimum absolute atomic E-state index is 0.443. The van der Waals surface area contributed by atoms with Crippen LogP contribution in [0.15, 0.2) is 79.0 Å². The second kappa shape index (κ2) is 9.37. The van der Waals surface area contributed by atoms with E-state index < -0.39 is 29.6 Å². The lowest BCUT2D eigenvalue weighted by atomic mass is 9.80. The summed E-state index contributed by atoms with van der Waals surface area (Å²) >= 11 is 2.27. The normalized spacial score (nSPS) is 16.5. The van der Waals surface area contributed by atoms with E-state index in [4.69, 9.17) is 14.2 Å². The zero-order valence-corrected chi connectivity index (χ0v) is 21.4. The van der Waals surface area contributed by atoms with E-state index in [1.54, 1.807) is 13.8 Å². The molecule has 5 rings (SSSR count). The van der Waals surface area contributed by atoms with Crippen LogP contribution in [0.2, 0.25) is 0 Å². The molecule has 0 unspecified atom stereocenters. The summed E-state index contributed by atoms with van der Waals surface area (Å²) in [5.74, 6) is -3.50. The Kier molecular flexibility index (Phi) is 6.27. The molecule has 1 aromatic heterocycles. The molecular formula is C28H24INO5. The number of carbonyl (C=O) groups is 2. The molecule has 1 N–H and O–H groups in total. The maximum atomic E-state index is 13.1. The van der Waals surface area contributed by atoms with Crippen molar-refractivity contribution in [2.75, 3.05) is 0 Å². The smallest absolute Gasteiger partial charge is 0.324 e. The molecule has 35 heavy (non-hydrogen) atoms. The molecule has 1 aliphatic rings. The average Bonchev–Trinajstić information content (AvgIpc) is 3.25. The quantitative estimate of drug-likeness (QED) is 0.174. The summed E-state index contributed by atoms with van der Waals surface area (Å²) < 4.78 is 18.1. The summed E-state index contributed by atoms with van der Waals surface area (Å²) in [6.45, 7) is 3.55. The van der Waals surface area contributed by atoms with Crippen molar-refractivity contribution >= 4 is 45.4 Å². The molecule has 0 radical (unpaired) electrons. The Morgan fingerprint density at radius 2 is 1.60 bits per heavy atom. The Balaban J connectivity index is 1.48. The predicted octanol–water partition coefficient (Wildman–Crippen LogP) is 5.94. The largest absolute Gasteiger partial charge is 0.489 e. The topological polar surface area (TPSA) is 77.6 Å². The van der Waals surface area contributed by atoms with Crippen LogP contribution in [0.1, 0.15) is 36.5 Å². The fraction of sp³-hybridized carbons (Fsp3) is 0.214. The van der Waals surface area contributed by atoms with Crippen LogP contribution in [0.5, 0.6) is 5.75 Å². The van der Waals surface area contributed by atoms with Gasteiger partial charge in [0, 0.05) is 40.4 Å². The van der Waals surface area contributed by atoms with Gasteiger partial charge in [0.15, 0.2) is 5.92 Å². The van der Waals surface area contributed by atoms with Gasteiger partial charge in [0.2, 0.25) is 0 Å². The van der Waals surface area contributed by atoms with E-state index in [1.165, 1.54) is 3.57 Å². The number of para-hydroxylation sites is 1. The number of carbonyl (C=O) groups excluding carboxylic acids is 2. The van der Waals surface area contributed by atoms with Gasteiger partial charge in [0.05, 0.1) is 0 Å². The fourth-order valence-electron chi connectivity index (χ4n) is 4.42. The van der Waals surface area contributed by atoms with Gasteiger partial charge in [-0.25, -0.2) is 0 Å². The Labute approximate surface area is 216 Å². The van der Waals surface area contributed by atoms with Gasteiger partial charge in [0.1, 0.15) is 12.4 Å². The lowest BCUT2D eigenvalue weighted by Gasteiger charge is -2.36. The van der Waals surface area contributed by atoms with Crippen molar-refractivity contribution in [3.8, 4) is 5.75 Å². The predicted molar refractivity (Wildman–Crippen MR) is 140 cm³/mol. The van der Waals surface area contributed by atoms with E-state index >= 15 is 0 Å². The zero-order valence-electron chi connectivity index (χ0n) is 19.3. The molecule has 0 saturated carbocycles. The van der Waals surface area contributed by atoms with Crippen LogP contribution in [-0.4, -0.2) is 22.7 Å². The molecule has 1 saturated heterocycles. The first-order valence-corrected chi connectivity index (χ1v) is 12.4. The van der Waals surface area contributed by atoms with Crippen LogP contribution in [0.3, 0.4) is 0 Å². The van der Waals surface area contributed by atoms with Gasteiger partial charge in [-0.15, -0.1) is 0 Å². The maximum absolute atomic E-state index is 13.1. The summed E-state index contributed by atoms with van der Waals surface area (Å²) in [4.78, 5) is 29.4. The summed E-state index contributed by atoms with van der Waals surface area (Å²) in [5.41, 5.74) is 3.60. The number of benzene rings is 3. The standard InChI is InChI=1S/C28H24INO5/c1-28(2)34-26(31)25(27(32)35-28)24(22-15-30-23-6-4-3-5-21(22)23)18-9-13-20(14-10-18)33-16-17-7-11-19(29)12-8-17/h3-15,24-25,30H,16H2,1-2H3/t24-/m0/s1. The summed E-state index contributed by atoms with van der Waals surface area (Å²) in [6.07, 6.45) is 1.84. The first kappa shape index (κ1) is 23.4. The molecule has 4 aromatic rings. The van der Waals surface area contributed by atoms with Crippen molar-refractivity contribution in [1.29, 1.82) is 0 Å². The van der Waals surface area contributed by atoms with Crippen LogP contribution in [-0.2, 0) is 25.7 Å². The average molecular weight is 581 g/mol. The molecular weight excluding hydrogens is 557 g/mol. The highest BCUT2D eigenvalue weighted by molar-refractivity contribution is 14.1. The van der Waals surface area contributed by atoms with Gasteiger partial charge in [-0.05, 0) is 69.6 Å². The lowest BCUT2D eigenvalue weighted by Crippen LogP contribution is -2.48. The number of hydrogen-bond acceptors (Lipinski definition) is 5. The monoisotopic (exact) mass is 581 g/mol. The van der Waals surface area contributed by atoms with E-state index in [1.807, 2.05) is 79.0 Å². The van der Waals surface area contributed by atoms with Gasteiger partial charge in [-0.3, -0.25) is 9.59 Å². The highest BCUT2D eigenvalue weighted by Gasteiger charge is 2.48. The molecule has 1 aliphatic heterocycles. The van der Waals surface area contributed by atoms with E-state index in [9.17, 15) is 9.59 Å². The van der Waals surface area contributed by atoms with Gasteiger partial charge in [-0.2, -0.15) is 0 Å². The summed E-state index contributed by atoms with van der Waals surface area (Å²) in [5, 5.41) is 0.932. The van der Waals surface area contributed by atoms with Crippen LogP contribution in [0.25, 0.3) is 10.9 Å². The number of aromatic nitrogens is 1. The number of cyclic esters (lactones) is 2. The summed E-state index contributed by atoms with van der Waals surface area (Å²) in [6, 6.07) is 23.4. The lowest BCUT2D eigenvalue weighted by molar-refractivity contribution is -0.240. The molecule has 0 aliphatic carbocycles. The zero-order chi connectivity index (χ0) is 24.6. The van der Waals surface area contributed by atoms with Crippen molar-refractivity contribution < 1.29 is 23.8 Å². The molecule has 0 spiro atoms. The SMILES string of the molecule is CC1(C)OC(=O)C([C@@H](c2ccc(OCc3ccc(I)cc3)cc2)c2c[nH]c3ccccc23)C(=O)O1. The highest BCUT2D eigenvalue weighted by atomic mass is 127. The van der Waals surface area contributed by atoms with Crippen molar-refractivity contribution in [1.82, 2.24) is 4.98 Å². The first-order chi connectivity index (χ1) is 16.8. The Morgan fingerprint density at radius 3 is 2.29 bits per heavy atom. The van der Waals surface area contributed by atoms with Crippen LogP contribution < -0.4 is 4.74 Å². The number of esters is 2. The number of nitrogens with one attached hydrogen (secondary N) is 1. The first-order valence-electron chi connectivity index (χ1n) is 11.3. The third kappa shape index (κ3) is 4.91. The summed E-state index contributed by atoms with van der Waals surface area (Å²) in [7, 11) is 0. The minimum Gasteiger partial charge on any atom is -0.489 e. The Bertz CT molecular complexity index is 1350. The number of fused-ring (bicyclic) bond motifs is 1. The van der Waals surface area contributed by atoms with E-state index in [2.05, 4.69) is 27.6 Å². The Hall–Kier alpha value is -3.33. The molecule has 6 nitrogen and oxygen atoms in total. The number of hydrogen-bond donors (Lipinski definition) is 1. The molecule has 0 amide bonds. The van der Waals surface area contributed by atoms with E-state index in [0.29, 0.717) is 12.4 Å². The fourth-order valence-corrected chi connectivity index (χ4v) is 4.78. The number of halogens is 1. The molecule has 0 bridgehead atoms. The van der Waals surface area contributed by atoms with Crippen molar-refractivity contribution in [2.45, 2.75) is 32.2 Å². The van der Waals surface area contributed by atoms with Gasteiger partial charge in [-0.1, -0.05) is 42.5 Å². The molecule has 7 heteroatoms. The van der Waals surface area contributed by atoms with Crippen LogP contribution >= 0.6 is 22.6 Å². The Morgan fingerprint density at radius 1 is 0.943 bits per heavy atom. The molecule has 1 fully saturated rings. The molecule has 2 heterocycles. The van der Waals surface area contributed by atoms with Crippen molar-refractivity contribution in [2.24, 2.45) is 5.92 Å². The minimum atomic E-state index is -1.29. The number of aromatic amines is 1. The van der Waals surface area contributed by atoms with Crippen molar-refractivity contribution in [3.63, 3.8) is 0 Å². The van der Waals surface area contributed by atoms with Crippen molar-refractivity contribution in [3.05, 3.63) is 99.3 Å². The van der Waals surface area contributed by atoms with Crippen LogP contribution in [0.4, 0.5) is 0 Å². The molecule has 3 aromatic carbocycles. The molecule has 178 valence electrons. The third-order valence-corrected chi connectivity index (χ3v) is 6.77. The van der Waals surface area contributed by atoms with Crippen LogP contribution in [0, 0.1) is 9.49 Å². The van der Waals surface area contributed by atoms with E-state index in [-0.39, 0.29) is 0 Å². The number of ether oxygens (including phenoxy) is 3. The maximum Gasteiger partial charge on any atom is 0.324 e. The second-order valence-corrected chi connectivity index (χ2v) is 10.2. The molecule has 1 atom stereocenters.